The van der Waals surface area contributed by atoms with Crippen LogP contribution in [0.15, 0.2) is 71.7 Å². The van der Waals surface area contributed by atoms with Crippen molar-refractivity contribution in [3.63, 3.8) is 0 Å². The quantitative estimate of drug-likeness (QED) is 0.244. The Morgan fingerprint density at radius 2 is 1.42 bits per heavy atom. The Kier molecular flexibility index (Phi) is 6.93. The lowest BCUT2D eigenvalue weighted by atomic mass is 9.71. The van der Waals surface area contributed by atoms with Gasteiger partial charge in [0.15, 0.2) is 0 Å². The molecule has 0 aliphatic carbocycles. The fourth-order valence-corrected chi connectivity index (χ4v) is 5.39. The van der Waals surface area contributed by atoms with Gasteiger partial charge in [0.05, 0.1) is 12.7 Å². The molecule has 2 atom stereocenters. The van der Waals surface area contributed by atoms with Crippen LogP contribution in [0.3, 0.4) is 0 Å². The van der Waals surface area contributed by atoms with Crippen LogP contribution in [0.1, 0.15) is 56.9 Å². The Labute approximate surface area is 227 Å². The number of halogens is 3. The largest absolute Gasteiger partial charge is 0.496 e. The van der Waals surface area contributed by atoms with Crippen molar-refractivity contribution in [2.45, 2.75) is 51.1 Å². The third-order valence-corrected chi connectivity index (χ3v) is 7.91. The number of benzene rings is 3. The number of aliphatic imine (C=N–C) groups is 1. The molecule has 188 valence electrons. The van der Waals surface area contributed by atoms with Gasteiger partial charge in [-0.25, -0.2) is 0 Å². The molecule has 7 heteroatoms. The molecule has 0 radical (unpaired) electrons. The van der Waals surface area contributed by atoms with Gasteiger partial charge in [0.25, 0.3) is 0 Å². The molecule has 1 aliphatic rings. The molecule has 0 N–H and O–H groups in total. The maximum absolute atomic E-state index is 13.2. The number of carbonyl (C=O) groups excluding carboxylic acids is 1. The maximum Gasteiger partial charge on any atom is 0.322 e. The Hall–Kier alpha value is -2.53. The fraction of sp³-hybridized carbons (Fsp3) is 0.310. The lowest BCUT2D eigenvalue weighted by molar-refractivity contribution is 0.149. The van der Waals surface area contributed by atoms with E-state index < -0.39 is 16.4 Å². The second-order valence-corrected chi connectivity index (χ2v) is 11.5. The molecule has 1 aliphatic heterocycles. The monoisotopic (exact) mass is 542 g/mol. The van der Waals surface area contributed by atoms with Crippen molar-refractivity contribution in [3.05, 3.63) is 99.0 Å². The molecule has 0 bridgehead atoms. The zero-order valence-corrected chi connectivity index (χ0v) is 23.5. The van der Waals surface area contributed by atoms with Crippen molar-refractivity contribution < 1.29 is 9.53 Å². The minimum Gasteiger partial charge on any atom is -0.496 e. The Bertz CT molecular complexity index is 1330. The SMILES string of the molecule is COc1cc(C(C)(C)C)ccc1C1=N[C@@](C)(c2ccc(Cl)cc2)[C@](C)(c2ccc(Cl)cc2)N1C(=O)Cl. The second-order valence-electron chi connectivity index (χ2n) is 10.3. The number of nitrogens with zero attached hydrogens (tertiary/aromatic N) is 2. The number of amides is 1. The van der Waals surface area contributed by atoms with E-state index in [4.69, 9.17) is 44.5 Å². The van der Waals surface area contributed by atoms with Gasteiger partial charge in [-0.2, -0.15) is 0 Å². The number of rotatable bonds is 4. The van der Waals surface area contributed by atoms with Crippen LogP contribution in [-0.4, -0.2) is 23.2 Å². The number of ether oxygens (including phenoxy) is 1. The first-order valence-electron chi connectivity index (χ1n) is 11.6. The average Bonchev–Trinajstić information content (AvgIpc) is 3.07. The van der Waals surface area contributed by atoms with E-state index in [2.05, 4.69) is 20.8 Å². The molecule has 3 aromatic carbocycles. The van der Waals surface area contributed by atoms with Gasteiger partial charge >= 0.3 is 5.37 Å². The minimum absolute atomic E-state index is 0.0824. The van der Waals surface area contributed by atoms with Gasteiger partial charge in [0.2, 0.25) is 0 Å². The first-order chi connectivity index (χ1) is 16.8. The predicted molar refractivity (Wildman–Crippen MR) is 149 cm³/mol. The molecule has 0 saturated carbocycles. The smallest absolute Gasteiger partial charge is 0.322 e. The lowest BCUT2D eigenvalue weighted by Gasteiger charge is -2.44. The van der Waals surface area contributed by atoms with Crippen LogP contribution in [0.4, 0.5) is 4.79 Å². The van der Waals surface area contributed by atoms with E-state index in [0.29, 0.717) is 27.2 Å². The Morgan fingerprint density at radius 3 is 1.89 bits per heavy atom. The van der Waals surface area contributed by atoms with E-state index in [0.717, 1.165) is 16.7 Å². The number of amidine groups is 1. The highest BCUT2D eigenvalue weighted by Gasteiger charge is 2.59. The van der Waals surface area contributed by atoms with Crippen molar-refractivity contribution in [3.8, 4) is 5.75 Å². The molecule has 4 rings (SSSR count). The zero-order chi connectivity index (χ0) is 26.5. The summed E-state index contributed by atoms with van der Waals surface area (Å²) in [5, 5.41) is 0.561. The highest BCUT2D eigenvalue weighted by Crippen LogP contribution is 2.54. The maximum atomic E-state index is 13.2. The van der Waals surface area contributed by atoms with Crippen LogP contribution in [0, 0.1) is 0 Å². The summed E-state index contributed by atoms with van der Waals surface area (Å²) in [4.78, 5) is 20.0. The third-order valence-electron chi connectivity index (χ3n) is 7.23. The minimum atomic E-state index is -0.993. The first kappa shape index (κ1) is 26.5. The number of methoxy groups -OCH3 is 1. The molecule has 0 saturated heterocycles. The topological polar surface area (TPSA) is 41.9 Å². The van der Waals surface area contributed by atoms with Gasteiger partial charge < -0.3 is 4.74 Å². The summed E-state index contributed by atoms with van der Waals surface area (Å²) in [5.41, 5.74) is 1.51. The normalized spacial score (nSPS) is 21.9. The molecule has 0 spiro atoms. The van der Waals surface area contributed by atoms with Crippen LogP contribution < -0.4 is 4.74 Å². The standard InChI is InChI=1S/C29H29Cl3N2O2/c1-27(2,3)20-11-16-23(24(17-20)36-6)25-33-28(4,18-7-12-21(30)13-8-18)29(5,34(25)26(32)35)19-9-14-22(31)15-10-19/h7-17H,1-6H3/t28-,29-/m0/s1. The first-order valence-corrected chi connectivity index (χ1v) is 12.8. The summed E-state index contributed by atoms with van der Waals surface area (Å²) in [5.74, 6) is 1.05. The van der Waals surface area contributed by atoms with E-state index in [-0.39, 0.29) is 5.41 Å². The summed E-state index contributed by atoms with van der Waals surface area (Å²) >= 11 is 18.8. The highest BCUT2D eigenvalue weighted by atomic mass is 35.5. The summed E-state index contributed by atoms with van der Waals surface area (Å²) in [6.45, 7) is 10.4. The van der Waals surface area contributed by atoms with Crippen LogP contribution in [0.2, 0.25) is 10.0 Å². The molecular formula is C29H29Cl3N2O2. The Balaban J connectivity index is 2.03. The lowest BCUT2D eigenvalue weighted by Crippen LogP contribution is -2.53. The molecule has 1 heterocycles. The van der Waals surface area contributed by atoms with Crippen LogP contribution in [0.5, 0.6) is 5.75 Å². The van der Waals surface area contributed by atoms with Gasteiger partial charge in [-0.15, -0.1) is 0 Å². The predicted octanol–water partition coefficient (Wildman–Crippen LogP) is 8.55. The third kappa shape index (κ3) is 4.30. The van der Waals surface area contributed by atoms with Crippen molar-refractivity contribution in [2.24, 2.45) is 4.99 Å². The van der Waals surface area contributed by atoms with E-state index in [1.54, 1.807) is 24.1 Å². The molecule has 1 amide bonds. The summed E-state index contributed by atoms with van der Waals surface area (Å²) in [6, 6.07) is 20.9. The van der Waals surface area contributed by atoms with Gasteiger partial charge in [0.1, 0.15) is 22.7 Å². The van der Waals surface area contributed by atoms with Crippen molar-refractivity contribution >= 4 is 46.0 Å². The zero-order valence-electron chi connectivity index (χ0n) is 21.2. The summed E-state index contributed by atoms with van der Waals surface area (Å²) in [6.07, 6.45) is 0. The average molecular weight is 544 g/mol. The number of hydrogen-bond acceptors (Lipinski definition) is 3. The number of hydrogen-bond donors (Lipinski definition) is 0. The van der Waals surface area contributed by atoms with E-state index in [1.165, 1.54) is 0 Å². The summed E-state index contributed by atoms with van der Waals surface area (Å²) < 4.78 is 5.80. The summed E-state index contributed by atoms with van der Waals surface area (Å²) in [7, 11) is 1.62. The molecule has 4 nitrogen and oxygen atoms in total. The second kappa shape index (κ2) is 9.41. The van der Waals surface area contributed by atoms with E-state index >= 15 is 0 Å². The van der Waals surface area contributed by atoms with E-state index in [1.807, 2.05) is 68.4 Å². The molecule has 0 unspecified atom stereocenters. The highest BCUT2D eigenvalue weighted by molar-refractivity contribution is 6.64. The van der Waals surface area contributed by atoms with Gasteiger partial charge in [-0.05, 0) is 84.0 Å². The number of carbonyl (C=O) groups is 1. The van der Waals surface area contributed by atoms with Crippen LogP contribution >= 0.6 is 34.8 Å². The van der Waals surface area contributed by atoms with Gasteiger partial charge in [-0.3, -0.25) is 14.7 Å². The molecular weight excluding hydrogens is 515 g/mol. The van der Waals surface area contributed by atoms with Crippen molar-refractivity contribution in [1.82, 2.24) is 4.90 Å². The van der Waals surface area contributed by atoms with Crippen molar-refractivity contribution in [1.29, 1.82) is 0 Å². The van der Waals surface area contributed by atoms with Crippen LogP contribution in [-0.2, 0) is 16.5 Å². The fourth-order valence-electron chi connectivity index (χ4n) is 4.89. The molecule has 3 aromatic rings. The van der Waals surface area contributed by atoms with Gasteiger partial charge in [0, 0.05) is 10.0 Å². The molecule has 0 fully saturated rings. The Morgan fingerprint density at radius 1 is 0.889 bits per heavy atom. The van der Waals surface area contributed by atoms with Crippen LogP contribution in [0.25, 0.3) is 0 Å². The molecule has 36 heavy (non-hydrogen) atoms. The van der Waals surface area contributed by atoms with E-state index in [9.17, 15) is 4.79 Å². The van der Waals surface area contributed by atoms with Crippen molar-refractivity contribution in [2.75, 3.05) is 7.11 Å². The van der Waals surface area contributed by atoms with Gasteiger partial charge in [-0.1, -0.05) is 74.3 Å². The molecule has 0 aromatic heterocycles.